The molecule has 0 spiro atoms. The average molecular weight is 255 g/mol. The quantitative estimate of drug-likeness (QED) is 0.782. The first-order valence-corrected chi connectivity index (χ1v) is 6.60. The summed E-state index contributed by atoms with van der Waals surface area (Å²) in [6.45, 7) is 7.05. The first kappa shape index (κ1) is 11.9. The third-order valence-electron chi connectivity index (χ3n) is 3.21. The molecule has 0 bridgehead atoms. The lowest BCUT2D eigenvalue weighted by molar-refractivity contribution is 0.653. The highest BCUT2D eigenvalue weighted by atomic mass is 15.3. The topological polar surface area (TPSA) is 59.4 Å². The number of aryl methyl sites for hydroxylation is 3. The molecule has 0 unspecified atom stereocenters. The molecule has 0 fully saturated rings. The third-order valence-corrected chi connectivity index (χ3v) is 3.21. The van der Waals surface area contributed by atoms with Crippen molar-refractivity contribution in [1.29, 1.82) is 0 Å². The van der Waals surface area contributed by atoms with Crippen molar-refractivity contribution >= 4 is 11.2 Å². The molecule has 0 aliphatic heterocycles. The van der Waals surface area contributed by atoms with E-state index in [0.29, 0.717) is 0 Å². The van der Waals surface area contributed by atoms with Crippen LogP contribution in [0.5, 0.6) is 0 Å². The summed E-state index contributed by atoms with van der Waals surface area (Å²) in [6.07, 6.45) is 2.76. The molecule has 1 N–H and O–H groups in total. The Morgan fingerprint density at radius 2 is 2.11 bits per heavy atom. The summed E-state index contributed by atoms with van der Waals surface area (Å²) in [5.41, 5.74) is 4.96. The van der Waals surface area contributed by atoms with Gasteiger partial charge in [-0.15, -0.1) is 0 Å². The Labute approximate surface area is 111 Å². The van der Waals surface area contributed by atoms with Crippen LogP contribution in [0.3, 0.4) is 0 Å². The molecule has 0 saturated heterocycles. The molecule has 98 valence electrons. The second kappa shape index (κ2) is 4.50. The molecule has 5 heteroatoms. The maximum atomic E-state index is 4.55. The molecule has 0 amide bonds. The van der Waals surface area contributed by atoms with Gasteiger partial charge in [-0.05, 0) is 38.0 Å². The number of pyridine rings is 1. The minimum atomic E-state index is 0.752. The molecule has 3 aromatic heterocycles. The van der Waals surface area contributed by atoms with E-state index in [2.05, 4.69) is 46.0 Å². The molecule has 0 aromatic carbocycles. The minimum absolute atomic E-state index is 0.752. The Balaban J connectivity index is 2.15. The zero-order valence-corrected chi connectivity index (χ0v) is 11.4. The van der Waals surface area contributed by atoms with Crippen molar-refractivity contribution in [2.75, 3.05) is 0 Å². The van der Waals surface area contributed by atoms with Gasteiger partial charge in [0, 0.05) is 12.7 Å². The number of H-pyrrole nitrogens is 1. The van der Waals surface area contributed by atoms with E-state index in [0.717, 1.165) is 46.9 Å². The van der Waals surface area contributed by atoms with Gasteiger partial charge in [0.05, 0.1) is 11.2 Å². The van der Waals surface area contributed by atoms with Crippen molar-refractivity contribution in [3.63, 3.8) is 0 Å². The van der Waals surface area contributed by atoms with Crippen molar-refractivity contribution in [2.45, 2.75) is 33.7 Å². The van der Waals surface area contributed by atoms with E-state index >= 15 is 0 Å². The molecular weight excluding hydrogens is 238 g/mol. The Bertz CT molecular complexity index is 723. The van der Waals surface area contributed by atoms with Gasteiger partial charge < -0.3 is 4.98 Å². The van der Waals surface area contributed by atoms with Crippen LogP contribution in [0.15, 0.2) is 18.3 Å². The average Bonchev–Trinajstić information content (AvgIpc) is 3.00. The first-order valence-electron chi connectivity index (χ1n) is 6.60. The number of imidazole rings is 1. The molecular formula is C14H17N5. The predicted octanol–water partition coefficient (Wildman–Crippen LogP) is 2.71. The van der Waals surface area contributed by atoms with Gasteiger partial charge in [-0.3, -0.25) is 4.68 Å². The molecule has 3 aromatic rings. The molecule has 0 saturated carbocycles. The highest BCUT2D eigenvalue weighted by molar-refractivity contribution is 5.75. The maximum absolute atomic E-state index is 4.55. The van der Waals surface area contributed by atoms with Crippen LogP contribution in [-0.2, 0) is 13.0 Å². The highest BCUT2D eigenvalue weighted by Crippen LogP contribution is 2.21. The fourth-order valence-electron chi connectivity index (χ4n) is 2.20. The summed E-state index contributed by atoms with van der Waals surface area (Å²) >= 11 is 0. The van der Waals surface area contributed by atoms with Gasteiger partial charge >= 0.3 is 0 Å². The molecule has 0 radical (unpaired) electrons. The van der Waals surface area contributed by atoms with Gasteiger partial charge in [-0.1, -0.05) is 6.92 Å². The lowest BCUT2D eigenvalue weighted by Crippen LogP contribution is -2.00. The predicted molar refractivity (Wildman–Crippen MR) is 74.9 cm³/mol. The number of nitrogens with zero attached hydrogens (tertiary/aromatic N) is 4. The summed E-state index contributed by atoms with van der Waals surface area (Å²) < 4.78 is 1.98. The van der Waals surface area contributed by atoms with Gasteiger partial charge in [0.1, 0.15) is 5.69 Å². The Morgan fingerprint density at radius 3 is 2.84 bits per heavy atom. The van der Waals surface area contributed by atoms with Crippen LogP contribution in [0.4, 0.5) is 0 Å². The van der Waals surface area contributed by atoms with Crippen LogP contribution < -0.4 is 0 Å². The Hall–Kier alpha value is -2.17. The number of fused-ring (bicyclic) bond motifs is 1. The summed E-state index contributed by atoms with van der Waals surface area (Å²) in [6, 6.07) is 4.15. The standard InChI is InChI=1S/C14H17N5/c1-4-10-7-12(19(5-2)18-10)14-16-11-6-9(3)8-15-13(11)17-14/h6-8H,4-5H2,1-3H3,(H,15,16,17). The van der Waals surface area contributed by atoms with Crippen LogP contribution >= 0.6 is 0 Å². The van der Waals surface area contributed by atoms with Crippen molar-refractivity contribution in [1.82, 2.24) is 24.7 Å². The van der Waals surface area contributed by atoms with Crippen molar-refractivity contribution in [2.24, 2.45) is 0 Å². The lowest BCUT2D eigenvalue weighted by Gasteiger charge is -1.99. The van der Waals surface area contributed by atoms with Gasteiger partial charge in [-0.2, -0.15) is 5.10 Å². The SMILES string of the molecule is CCc1cc(-c2nc3ncc(C)cc3[nH]2)n(CC)n1. The van der Waals surface area contributed by atoms with Crippen LogP contribution in [0.1, 0.15) is 25.1 Å². The van der Waals surface area contributed by atoms with Crippen LogP contribution in [0.25, 0.3) is 22.7 Å². The molecule has 19 heavy (non-hydrogen) atoms. The van der Waals surface area contributed by atoms with Gasteiger partial charge in [0.25, 0.3) is 0 Å². The van der Waals surface area contributed by atoms with E-state index in [9.17, 15) is 0 Å². The molecule has 5 nitrogen and oxygen atoms in total. The minimum Gasteiger partial charge on any atom is -0.335 e. The van der Waals surface area contributed by atoms with Crippen molar-refractivity contribution in [3.05, 3.63) is 29.6 Å². The highest BCUT2D eigenvalue weighted by Gasteiger charge is 2.12. The molecule has 0 atom stereocenters. The van der Waals surface area contributed by atoms with E-state index in [1.807, 2.05) is 17.8 Å². The summed E-state index contributed by atoms with van der Waals surface area (Å²) in [5, 5.41) is 4.55. The Morgan fingerprint density at radius 1 is 1.26 bits per heavy atom. The normalized spacial score (nSPS) is 11.3. The molecule has 0 aliphatic carbocycles. The first-order chi connectivity index (χ1) is 9.21. The summed E-state index contributed by atoms with van der Waals surface area (Å²) in [7, 11) is 0. The van der Waals surface area contributed by atoms with Crippen molar-refractivity contribution in [3.8, 4) is 11.5 Å². The zero-order chi connectivity index (χ0) is 13.4. The molecule has 3 heterocycles. The summed E-state index contributed by atoms with van der Waals surface area (Å²) in [5.74, 6) is 0.835. The second-order valence-corrected chi connectivity index (χ2v) is 4.66. The number of rotatable bonds is 3. The fourth-order valence-corrected chi connectivity index (χ4v) is 2.20. The maximum Gasteiger partial charge on any atom is 0.178 e. The van der Waals surface area contributed by atoms with E-state index in [1.54, 1.807) is 0 Å². The Kier molecular flexibility index (Phi) is 2.81. The number of hydrogen-bond acceptors (Lipinski definition) is 3. The van der Waals surface area contributed by atoms with Gasteiger partial charge in [0.2, 0.25) is 0 Å². The van der Waals surface area contributed by atoms with E-state index in [-0.39, 0.29) is 0 Å². The fraction of sp³-hybridized carbons (Fsp3) is 0.357. The number of aromatic amines is 1. The van der Waals surface area contributed by atoms with Gasteiger partial charge in [0.15, 0.2) is 11.5 Å². The monoisotopic (exact) mass is 255 g/mol. The largest absolute Gasteiger partial charge is 0.335 e. The van der Waals surface area contributed by atoms with E-state index in [4.69, 9.17) is 0 Å². The summed E-state index contributed by atoms with van der Waals surface area (Å²) in [4.78, 5) is 12.2. The smallest absolute Gasteiger partial charge is 0.178 e. The number of aromatic nitrogens is 5. The molecule has 0 aliphatic rings. The van der Waals surface area contributed by atoms with Gasteiger partial charge in [-0.25, -0.2) is 9.97 Å². The lowest BCUT2D eigenvalue weighted by atomic mass is 10.3. The van der Waals surface area contributed by atoms with Crippen LogP contribution in [0.2, 0.25) is 0 Å². The zero-order valence-electron chi connectivity index (χ0n) is 11.4. The third kappa shape index (κ3) is 2.01. The molecule has 3 rings (SSSR count). The van der Waals surface area contributed by atoms with E-state index in [1.165, 1.54) is 0 Å². The van der Waals surface area contributed by atoms with Crippen LogP contribution in [0, 0.1) is 6.92 Å². The van der Waals surface area contributed by atoms with Crippen molar-refractivity contribution < 1.29 is 0 Å². The van der Waals surface area contributed by atoms with E-state index < -0.39 is 0 Å². The number of nitrogens with one attached hydrogen (secondary N) is 1. The number of hydrogen-bond donors (Lipinski definition) is 1. The second-order valence-electron chi connectivity index (χ2n) is 4.66. The van der Waals surface area contributed by atoms with Crippen LogP contribution in [-0.4, -0.2) is 24.7 Å².